The van der Waals surface area contributed by atoms with E-state index in [0.717, 1.165) is 6.42 Å². The molecule has 1 fully saturated rings. The molecular weight excluding hydrogens is 452 g/mol. The number of aryl methyl sites for hydroxylation is 1. The van der Waals surface area contributed by atoms with E-state index in [0.29, 0.717) is 42.0 Å². The SMILES string of the molecule is CN1c2ccccc2S(=O)(=O)c2ccc(C(CC3CCC(=O)C3)C(=O)Nc3ccn(C)n3)cc21. The maximum atomic E-state index is 13.4. The lowest BCUT2D eigenvalue weighted by molar-refractivity contribution is -0.119. The Labute approximate surface area is 198 Å². The number of Topliss-reactive ketones (excluding diaryl/α,β-unsaturated/α-hetero) is 1. The van der Waals surface area contributed by atoms with E-state index in [1.165, 1.54) is 0 Å². The highest BCUT2D eigenvalue weighted by molar-refractivity contribution is 7.92. The minimum absolute atomic E-state index is 0.116. The van der Waals surface area contributed by atoms with Crippen LogP contribution in [0.3, 0.4) is 0 Å². The topological polar surface area (TPSA) is 101 Å². The first kappa shape index (κ1) is 22.3. The molecule has 5 rings (SSSR count). The van der Waals surface area contributed by atoms with Crippen LogP contribution >= 0.6 is 0 Å². The van der Waals surface area contributed by atoms with E-state index >= 15 is 0 Å². The highest BCUT2D eigenvalue weighted by Gasteiger charge is 2.35. The van der Waals surface area contributed by atoms with Crippen molar-refractivity contribution in [3.8, 4) is 0 Å². The zero-order chi connectivity index (χ0) is 24.0. The number of anilines is 3. The summed E-state index contributed by atoms with van der Waals surface area (Å²) in [5.41, 5.74) is 1.85. The molecule has 2 atom stereocenters. The Morgan fingerprint density at radius 3 is 2.59 bits per heavy atom. The van der Waals surface area contributed by atoms with Crippen molar-refractivity contribution < 1.29 is 18.0 Å². The Hall–Kier alpha value is -3.46. The van der Waals surface area contributed by atoms with Gasteiger partial charge in [0.25, 0.3) is 0 Å². The molecule has 2 heterocycles. The Morgan fingerprint density at radius 2 is 1.88 bits per heavy atom. The number of amides is 1. The molecule has 176 valence electrons. The zero-order valence-electron chi connectivity index (χ0n) is 19.1. The molecule has 9 heteroatoms. The largest absolute Gasteiger partial charge is 0.342 e. The minimum atomic E-state index is -3.67. The molecule has 0 spiro atoms. The predicted octanol–water partition coefficient (Wildman–Crippen LogP) is 3.82. The number of carbonyl (C=O) groups is 2. The summed E-state index contributed by atoms with van der Waals surface area (Å²) in [4.78, 5) is 27.6. The second-order valence-corrected chi connectivity index (χ2v) is 10.9. The molecule has 1 saturated carbocycles. The third-order valence-corrected chi connectivity index (χ3v) is 8.60. The summed E-state index contributed by atoms with van der Waals surface area (Å²) in [6.45, 7) is 0. The second-order valence-electron chi connectivity index (χ2n) is 9.06. The maximum Gasteiger partial charge on any atom is 0.233 e. The Morgan fingerprint density at radius 1 is 1.12 bits per heavy atom. The number of aromatic nitrogens is 2. The number of benzene rings is 2. The molecule has 2 unspecified atom stereocenters. The molecule has 1 aliphatic heterocycles. The van der Waals surface area contributed by atoms with Crippen molar-refractivity contribution in [2.24, 2.45) is 13.0 Å². The smallest absolute Gasteiger partial charge is 0.233 e. The summed E-state index contributed by atoms with van der Waals surface area (Å²) >= 11 is 0. The highest BCUT2D eigenvalue weighted by atomic mass is 32.2. The molecule has 0 radical (unpaired) electrons. The van der Waals surface area contributed by atoms with Gasteiger partial charge in [0, 0.05) is 39.2 Å². The van der Waals surface area contributed by atoms with Crippen LogP contribution in [0.2, 0.25) is 0 Å². The Bertz CT molecular complexity index is 1400. The lowest BCUT2D eigenvalue weighted by Crippen LogP contribution is -2.25. The number of hydrogen-bond acceptors (Lipinski definition) is 6. The standard InChI is InChI=1S/C25H26N4O4S/c1-28-12-11-24(27-28)26-25(31)19(14-16-7-9-18(30)13-16)17-8-10-23-21(15-17)29(2)20-5-3-4-6-22(20)34(23,32)33/h3-6,8,10-12,15-16,19H,7,9,13-14H2,1-2H3,(H,26,27,31). The van der Waals surface area contributed by atoms with Gasteiger partial charge in [0.2, 0.25) is 15.7 Å². The van der Waals surface area contributed by atoms with Gasteiger partial charge in [0.05, 0.1) is 27.1 Å². The third kappa shape index (κ3) is 3.90. The quantitative estimate of drug-likeness (QED) is 0.598. The van der Waals surface area contributed by atoms with Crippen molar-refractivity contribution in [3.05, 3.63) is 60.3 Å². The van der Waals surface area contributed by atoms with Crippen LogP contribution in [0.25, 0.3) is 0 Å². The van der Waals surface area contributed by atoms with Gasteiger partial charge in [-0.1, -0.05) is 18.2 Å². The zero-order valence-corrected chi connectivity index (χ0v) is 19.9. The van der Waals surface area contributed by atoms with E-state index in [1.807, 2.05) is 11.9 Å². The van der Waals surface area contributed by atoms with Crippen molar-refractivity contribution in [1.29, 1.82) is 0 Å². The van der Waals surface area contributed by atoms with Crippen LogP contribution in [0.5, 0.6) is 0 Å². The summed E-state index contributed by atoms with van der Waals surface area (Å²) in [5.74, 6) is 0.0229. The van der Waals surface area contributed by atoms with Gasteiger partial charge >= 0.3 is 0 Å². The van der Waals surface area contributed by atoms with Gasteiger partial charge in [-0.05, 0) is 48.6 Å². The number of ketones is 1. The third-order valence-electron chi connectivity index (χ3n) is 6.75. The fourth-order valence-electron chi connectivity index (χ4n) is 4.97. The van der Waals surface area contributed by atoms with Crippen molar-refractivity contribution >= 4 is 38.7 Å². The van der Waals surface area contributed by atoms with E-state index in [9.17, 15) is 18.0 Å². The number of rotatable bonds is 5. The number of sulfone groups is 1. The number of nitrogens with one attached hydrogen (secondary N) is 1. The van der Waals surface area contributed by atoms with E-state index in [-0.39, 0.29) is 27.4 Å². The number of carbonyl (C=O) groups excluding carboxylic acids is 2. The van der Waals surface area contributed by atoms with Gasteiger partial charge in [0.15, 0.2) is 5.82 Å². The number of para-hydroxylation sites is 1. The maximum absolute atomic E-state index is 13.4. The van der Waals surface area contributed by atoms with Gasteiger partial charge < -0.3 is 10.2 Å². The molecule has 2 aromatic carbocycles. The van der Waals surface area contributed by atoms with Crippen LogP contribution in [-0.2, 0) is 26.5 Å². The van der Waals surface area contributed by atoms with Crippen molar-refractivity contribution in [3.63, 3.8) is 0 Å². The molecule has 1 N–H and O–H groups in total. The Kier molecular flexibility index (Phi) is 5.51. The molecule has 1 aromatic heterocycles. The summed E-state index contributed by atoms with van der Waals surface area (Å²) < 4.78 is 28.1. The van der Waals surface area contributed by atoms with E-state index in [1.54, 1.807) is 66.5 Å². The first-order chi connectivity index (χ1) is 16.2. The minimum Gasteiger partial charge on any atom is -0.342 e. The van der Waals surface area contributed by atoms with Crippen molar-refractivity contribution in [1.82, 2.24) is 9.78 Å². The van der Waals surface area contributed by atoms with Gasteiger partial charge in [0.1, 0.15) is 5.78 Å². The molecule has 8 nitrogen and oxygen atoms in total. The normalized spacial score (nSPS) is 19.4. The van der Waals surface area contributed by atoms with E-state index < -0.39 is 15.8 Å². The van der Waals surface area contributed by atoms with Gasteiger partial charge in [-0.2, -0.15) is 5.10 Å². The molecule has 0 bridgehead atoms. The van der Waals surface area contributed by atoms with Crippen molar-refractivity contribution in [2.45, 2.75) is 41.4 Å². The van der Waals surface area contributed by atoms with Crippen LogP contribution in [0.4, 0.5) is 17.2 Å². The second kappa shape index (κ2) is 8.39. The van der Waals surface area contributed by atoms with Crippen LogP contribution in [0.15, 0.2) is 64.5 Å². The van der Waals surface area contributed by atoms with Crippen molar-refractivity contribution in [2.75, 3.05) is 17.3 Å². The number of fused-ring (bicyclic) bond motifs is 2. The monoisotopic (exact) mass is 478 g/mol. The van der Waals surface area contributed by atoms with Crippen LogP contribution < -0.4 is 10.2 Å². The Balaban J connectivity index is 1.53. The fraction of sp³-hybridized carbons (Fsp3) is 0.320. The van der Waals surface area contributed by atoms with Gasteiger partial charge in [-0.25, -0.2) is 8.42 Å². The number of nitrogens with zero attached hydrogens (tertiary/aromatic N) is 3. The average molecular weight is 479 g/mol. The molecule has 3 aromatic rings. The average Bonchev–Trinajstić information content (AvgIpc) is 3.43. The summed E-state index contributed by atoms with van der Waals surface area (Å²) in [6, 6.07) is 13.7. The summed E-state index contributed by atoms with van der Waals surface area (Å²) in [6.07, 6.45) is 4.03. The first-order valence-corrected chi connectivity index (χ1v) is 12.8. The lowest BCUT2D eigenvalue weighted by Gasteiger charge is -2.31. The molecule has 34 heavy (non-hydrogen) atoms. The van der Waals surface area contributed by atoms with Crippen LogP contribution in [0.1, 0.15) is 37.2 Å². The fourth-order valence-corrected chi connectivity index (χ4v) is 6.66. The molecule has 1 aliphatic carbocycles. The lowest BCUT2D eigenvalue weighted by atomic mass is 9.87. The van der Waals surface area contributed by atoms with E-state index in [4.69, 9.17) is 0 Å². The summed E-state index contributed by atoms with van der Waals surface area (Å²) in [7, 11) is -0.0713. The molecule has 2 aliphatic rings. The first-order valence-electron chi connectivity index (χ1n) is 11.3. The van der Waals surface area contributed by atoms with Crippen LogP contribution in [-0.4, -0.2) is 36.9 Å². The van der Waals surface area contributed by atoms with Gasteiger partial charge in [-0.3, -0.25) is 14.3 Å². The number of hydrogen-bond donors (Lipinski definition) is 1. The summed E-state index contributed by atoms with van der Waals surface area (Å²) in [5, 5.41) is 7.12. The van der Waals surface area contributed by atoms with Gasteiger partial charge in [-0.15, -0.1) is 0 Å². The predicted molar refractivity (Wildman–Crippen MR) is 128 cm³/mol. The molecular formula is C25H26N4O4S. The molecule has 0 saturated heterocycles. The highest BCUT2D eigenvalue weighted by Crippen LogP contribution is 2.44. The van der Waals surface area contributed by atoms with Crippen LogP contribution in [0, 0.1) is 5.92 Å². The molecule has 1 amide bonds. The van der Waals surface area contributed by atoms with E-state index in [2.05, 4.69) is 10.4 Å².